The molecule has 2 aromatic carbocycles. The average molecular weight is 427 g/mol. The summed E-state index contributed by atoms with van der Waals surface area (Å²) in [4.78, 5) is 7.81. The summed E-state index contributed by atoms with van der Waals surface area (Å²) >= 11 is 7.69. The molecule has 0 aliphatic heterocycles. The van der Waals surface area contributed by atoms with Gasteiger partial charge < -0.3 is 21.7 Å². The fourth-order valence-corrected chi connectivity index (χ4v) is 3.11. The molecule has 2 aromatic heterocycles. The number of H-pyrrole nitrogens is 1. The molecule has 0 aliphatic rings. The number of aromatic amines is 1. The van der Waals surface area contributed by atoms with Gasteiger partial charge in [0.1, 0.15) is 11.3 Å². The predicted molar refractivity (Wildman–Crippen MR) is 103 cm³/mol. The van der Waals surface area contributed by atoms with Crippen molar-refractivity contribution in [3.05, 3.63) is 76.6 Å². The molecule has 0 aliphatic carbocycles. The Morgan fingerprint density at radius 1 is 1.00 bits per heavy atom. The molecule has 4 rings (SSSR count). The van der Waals surface area contributed by atoms with Crippen LogP contribution in [0.5, 0.6) is 0 Å². The summed E-state index contributed by atoms with van der Waals surface area (Å²) in [5.74, 6) is 0.774. The number of benzene rings is 2. The fraction of sp³-hybridized carbons (Fsp3) is 0. The van der Waals surface area contributed by atoms with E-state index in [-0.39, 0.29) is 0 Å². The second-order valence-electron chi connectivity index (χ2n) is 5.48. The zero-order valence-corrected chi connectivity index (χ0v) is 15.7. The third-order valence-corrected chi connectivity index (χ3v) is 4.38. The van der Waals surface area contributed by atoms with Crippen molar-refractivity contribution in [3.63, 3.8) is 0 Å². The van der Waals surface area contributed by atoms with Crippen LogP contribution in [0.4, 0.5) is 22.4 Å². The highest BCUT2D eigenvalue weighted by molar-refractivity contribution is 7.12. The van der Waals surface area contributed by atoms with Crippen LogP contribution in [0.3, 0.4) is 0 Å². The van der Waals surface area contributed by atoms with Gasteiger partial charge in [-0.15, -0.1) is 0 Å². The lowest BCUT2D eigenvalue weighted by atomic mass is 10.1. The van der Waals surface area contributed by atoms with Crippen LogP contribution >= 0.6 is 22.9 Å². The Bertz CT molecular complexity index is 1130. The molecule has 1 N–H and O–H groups in total. The summed E-state index contributed by atoms with van der Waals surface area (Å²) in [6, 6.07) is 17.5. The lowest BCUT2D eigenvalue weighted by Crippen LogP contribution is -2.05. The number of thiazole rings is 1. The van der Waals surface area contributed by atoms with Crippen molar-refractivity contribution in [1.29, 1.82) is 0 Å². The van der Waals surface area contributed by atoms with Gasteiger partial charge in [0.25, 0.3) is 0 Å². The van der Waals surface area contributed by atoms with E-state index in [0.717, 1.165) is 32.8 Å². The van der Waals surface area contributed by atoms with Crippen molar-refractivity contribution in [2.24, 2.45) is 4.99 Å². The molecule has 0 amide bonds. The first-order valence-corrected chi connectivity index (χ1v) is 9.21. The number of halogens is 5. The van der Waals surface area contributed by atoms with Crippen LogP contribution in [-0.4, -0.2) is 7.25 Å². The average Bonchev–Trinajstić information content (AvgIpc) is 3.14. The molecule has 28 heavy (non-hydrogen) atoms. The number of hydrogen-bond acceptors (Lipinski definition) is 3. The summed E-state index contributed by atoms with van der Waals surface area (Å²) in [6.45, 7) is 0. The van der Waals surface area contributed by atoms with Crippen molar-refractivity contribution in [3.8, 4) is 11.3 Å². The summed E-state index contributed by atoms with van der Waals surface area (Å²) in [7, 11) is -6.00. The number of nitrogens with zero attached hydrogens (tertiary/aromatic N) is 1. The Morgan fingerprint density at radius 3 is 2.36 bits per heavy atom. The fourth-order valence-electron chi connectivity index (χ4n) is 2.38. The van der Waals surface area contributed by atoms with E-state index in [1.165, 1.54) is 0 Å². The molecular formula is C18H12BClF4N2OS. The van der Waals surface area contributed by atoms with E-state index in [1.54, 1.807) is 11.3 Å². The van der Waals surface area contributed by atoms with Crippen LogP contribution in [0, 0.1) is 0 Å². The highest BCUT2D eigenvalue weighted by Crippen LogP contribution is 2.24. The highest BCUT2D eigenvalue weighted by Gasteiger charge is 2.20. The number of rotatable bonds is 2. The van der Waals surface area contributed by atoms with Gasteiger partial charge in [-0.3, -0.25) is 0 Å². The second-order valence-corrected chi connectivity index (χ2v) is 6.81. The molecule has 3 nitrogen and oxygen atoms in total. The molecule has 0 saturated heterocycles. The van der Waals surface area contributed by atoms with E-state index in [4.69, 9.17) is 21.0 Å². The van der Waals surface area contributed by atoms with Gasteiger partial charge in [-0.2, -0.15) is 0 Å². The molecule has 2 heterocycles. The maximum atomic E-state index is 9.75. The molecule has 0 spiro atoms. The van der Waals surface area contributed by atoms with Crippen LogP contribution < -0.4 is 10.3 Å². The molecule has 0 fully saturated rings. The number of nitrogens with one attached hydrogen (secondary N) is 1. The molecule has 4 aromatic rings. The maximum Gasteiger partial charge on any atom is 0.673 e. The topological polar surface area (TPSA) is 39.6 Å². The SMILES string of the molecule is Clc1ccc2oc(-c3ccccc3)c/c(=N/c3[nH+]ccs3)c2c1.F[B-](F)(F)F. The normalized spacial score (nSPS) is 12.0. The Kier molecular flexibility index (Phi) is 6.16. The lowest BCUT2D eigenvalue weighted by Gasteiger charge is -2.03. The second kappa shape index (κ2) is 8.58. The van der Waals surface area contributed by atoms with Gasteiger partial charge in [0.15, 0.2) is 5.36 Å². The van der Waals surface area contributed by atoms with Crippen molar-refractivity contribution >= 4 is 46.3 Å². The van der Waals surface area contributed by atoms with Crippen molar-refractivity contribution in [2.45, 2.75) is 0 Å². The van der Waals surface area contributed by atoms with Crippen molar-refractivity contribution < 1.29 is 26.7 Å². The first kappa shape index (κ1) is 20.1. The minimum Gasteiger partial charge on any atom is -0.456 e. The molecule has 0 unspecified atom stereocenters. The summed E-state index contributed by atoms with van der Waals surface area (Å²) < 4.78 is 45.0. The van der Waals surface area contributed by atoms with Gasteiger partial charge >= 0.3 is 12.4 Å². The van der Waals surface area contributed by atoms with Crippen LogP contribution in [0.2, 0.25) is 5.02 Å². The van der Waals surface area contributed by atoms with E-state index in [9.17, 15) is 17.3 Å². The number of aromatic nitrogens is 1. The standard InChI is InChI=1S/C18H11ClN2OS.BF4/c19-13-6-7-16-14(10-13)15(21-18-20-8-9-23-18)11-17(22-16)12-4-2-1-3-5-12;2-1(3,4)5/h1-11H;/q;-1/p+1/b21-15-;. The van der Waals surface area contributed by atoms with Gasteiger partial charge in [0.05, 0.1) is 11.6 Å². The Labute approximate surface area is 166 Å². The lowest BCUT2D eigenvalue weighted by molar-refractivity contribution is -0.356. The van der Waals surface area contributed by atoms with E-state index in [1.807, 2.05) is 66.2 Å². The van der Waals surface area contributed by atoms with Gasteiger partial charge in [0, 0.05) is 22.0 Å². The van der Waals surface area contributed by atoms with E-state index in [0.29, 0.717) is 5.02 Å². The molecule has 0 bridgehead atoms. The smallest absolute Gasteiger partial charge is 0.456 e. The predicted octanol–water partition coefficient (Wildman–Crippen LogP) is 6.16. The van der Waals surface area contributed by atoms with Crippen molar-refractivity contribution in [1.82, 2.24) is 0 Å². The van der Waals surface area contributed by atoms with Gasteiger partial charge in [0.2, 0.25) is 0 Å². The zero-order valence-electron chi connectivity index (χ0n) is 14.1. The first-order chi connectivity index (χ1) is 13.3. The quantitative estimate of drug-likeness (QED) is 0.279. The first-order valence-electron chi connectivity index (χ1n) is 7.96. The monoisotopic (exact) mass is 426 g/mol. The number of hydrogen-bond donors (Lipinski definition) is 0. The molecule has 10 heteroatoms. The molecule has 0 radical (unpaired) electrons. The Hall–Kier alpha value is -2.65. The van der Waals surface area contributed by atoms with Crippen molar-refractivity contribution in [2.75, 3.05) is 0 Å². The number of fused-ring (bicyclic) bond motifs is 1. The molecule has 0 saturated carbocycles. The van der Waals surface area contributed by atoms with Crippen LogP contribution in [0.25, 0.3) is 22.3 Å². The molecule has 0 atom stereocenters. The third kappa shape index (κ3) is 5.67. The molecule has 144 valence electrons. The zero-order chi connectivity index (χ0) is 20.1. The van der Waals surface area contributed by atoms with E-state index >= 15 is 0 Å². The minimum atomic E-state index is -6.00. The van der Waals surface area contributed by atoms with Gasteiger partial charge in [-0.25, -0.2) is 4.98 Å². The third-order valence-electron chi connectivity index (χ3n) is 3.44. The van der Waals surface area contributed by atoms with E-state index < -0.39 is 7.25 Å². The van der Waals surface area contributed by atoms with E-state index in [2.05, 4.69) is 4.98 Å². The summed E-state index contributed by atoms with van der Waals surface area (Å²) in [6.07, 6.45) is 1.87. The highest BCUT2D eigenvalue weighted by atomic mass is 35.5. The van der Waals surface area contributed by atoms with Crippen LogP contribution in [0.15, 0.2) is 75.6 Å². The Balaban J connectivity index is 0.000000403. The minimum absolute atomic E-state index is 0.659. The van der Waals surface area contributed by atoms with Gasteiger partial charge in [-0.05, 0) is 23.2 Å². The van der Waals surface area contributed by atoms with Crippen LogP contribution in [-0.2, 0) is 0 Å². The van der Waals surface area contributed by atoms with Crippen LogP contribution in [0.1, 0.15) is 0 Å². The Morgan fingerprint density at radius 2 is 1.71 bits per heavy atom. The summed E-state index contributed by atoms with van der Waals surface area (Å²) in [5.41, 5.74) is 1.77. The van der Waals surface area contributed by atoms with Gasteiger partial charge in [-0.1, -0.05) is 53.3 Å². The largest absolute Gasteiger partial charge is 0.673 e. The summed E-state index contributed by atoms with van der Waals surface area (Å²) in [5, 5.41) is 5.16. The molecular weight excluding hydrogens is 415 g/mol. The maximum absolute atomic E-state index is 9.75.